The zero-order chi connectivity index (χ0) is 13.8. The van der Waals surface area contributed by atoms with Crippen LogP contribution in [-0.2, 0) is 6.54 Å². The molecule has 1 saturated carbocycles. The van der Waals surface area contributed by atoms with Gasteiger partial charge in [0.2, 0.25) is 0 Å². The van der Waals surface area contributed by atoms with Crippen LogP contribution in [0.1, 0.15) is 25.3 Å². The van der Waals surface area contributed by atoms with Gasteiger partial charge in [-0.05, 0) is 30.3 Å². The molecule has 1 fully saturated rings. The highest BCUT2D eigenvalue weighted by molar-refractivity contribution is 5.84. The van der Waals surface area contributed by atoms with Gasteiger partial charge in [0.1, 0.15) is 0 Å². The molecule has 0 radical (unpaired) electrons. The molecule has 0 aliphatic heterocycles. The van der Waals surface area contributed by atoms with Crippen molar-refractivity contribution in [2.24, 2.45) is 0 Å². The van der Waals surface area contributed by atoms with Crippen LogP contribution in [0.25, 0.3) is 10.8 Å². The molecule has 3 nitrogen and oxygen atoms in total. The molecule has 0 amide bonds. The van der Waals surface area contributed by atoms with E-state index in [4.69, 9.17) is 0 Å². The largest absolute Gasteiger partial charge is 0.311 e. The van der Waals surface area contributed by atoms with Crippen LogP contribution in [0.15, 0.2) is 36.7 Å². The van der Waals surface area contributed by atoms with E-state index in [9.17, 15) is 0 Å². The second-order valence-electron chi connectivity index (χ2n) is 5.56. The number of rotatable bonds is 7. The van der Waals surface area contributed by atoms with Gasteiger partial charge in [-0.15, -0.1) is 0 Å². The lowest BCUT2D eigenvalue weighted by Gasteiger charge is -2.19. The minimum atomic E-state index is 0.862. The monoisotopic (exact) mass is 269 g/mol. The Hall–Kier alpha value is -1.45. The normalized spacial score (nSPS) is 15.1. The van der Waals surface area contributed by atoms with Crippen LogP contribution < -0.4 is 5.32 Å². The van der Waals surface area contributed by atoms with Crippen LogP contribution in [0.3, 0.4) is 0 Å². The molecule has 0 bridgehead atoms. The fraction of sp³-hybridized carbons (Fsp3) is 0.471. The van der Waals surface area contributed by atoms with E-state index in [0.717, 1.165) is 25.7 Å². The van der Waals surface area contributed by atoms with E-state index < -0.39 is 0 Å². The molecule has 3 rings (SSSR count). The van der Waals surface area contributed by atoms with E-state index in [-0.39, 0.29) is 0 Å². The highest BCUT2D eigenvalue weighted by Gasteiger charge is 2.26. The van der Waals surface area contributed by atoms with Crippen molar-refractivity contribution in [1.29, 1.82) is 0 Å². The van der Waals surface area contributed by atoms with E-state index in [1.54, 1.807) is 0 Å². The Balaban J connectivity index is 1.54. The van der Waals surface area contributed by atoms with Crippen LogP contribution in [0.5, 0.6) is 0 Å². The molecular formula is C17H23N3. The summed E-state index contributed by atoms with van der Waals surface area (Å²) in [5.74, 6) is 0. The minimum Gasteiger partial charge on any atom is -0.311 e. The molecule has 20 heavy (non-hydrogen) atoms. The summed E-state index contributed by atoms with van der Waals surface area (Å²) in [6, 6.07) is 9.32. The number of nitrogens with one attached hydrogen (secondary N) is 1. The fourth-order valence-corrected chi connectivity index (χ4v) is 2.80. The van der Waals surface area contributed by atoms with Crippen molar-refractivity contribution in [3.8, 4) is 0 Å². The van der Waals surface area contributed by atoms with Crippen LogP contribution in [0.2, 0.25) is 0 Å². The van der Waals surface area contributed by atoms with Crippen LogP contribution in [0, 0.1) is 0 Å². The van der Waals surface area contributed by atoms with Crippen LogP contribution in [0.4, 0.5) is 0 Å². The predicted octanol–water partition coefficient (Wildman–Crippen LogP) is 2.81. The average Bonchev–Trinajstić information content (AvgIpc) is 3.32. The molecule has 0 unspecified atom stereocenters. The number of hydrogen-bond donors (Lipinski definition) is 1. The first-order valence-electron chi connectivity index (χ1n) is 7.65. The van der Waals surface area contributed by atoms with Crippen molar-refractivity contribution in [3.05, 3.63) is 42.2 Å². The van der Waals surface area contributed by atoms with Crippen molar-refractivity contribution < 1.29 is 0 Å². The molecule has 1 heterocycles. The van der Waals surface area contributed by atoms with Gasteiger partial charge in [0.15, 0.2) is 0 Å². The quantitative estimate of drug-likeness (QED) is 0.783. The Morgan fingerprint density at radius 1 is 1.25 bits per heavy atom. The van der Waals surface area contributed by atoms with E-state index in [1.165, 1.54) is 35.7 Å². The summed E-state index contributed by atoms with van der Waals surface area (Å²) in [5.41, 5.74) is 1.29. The van der Waals surface area contributed by atoms with E-state index in [1.807, 2.05) is 12.4 Å². The number of benzene rings is 1. The molecular weight excluding hydrogens is 246 g/mol. The van der Waals surface area contributed by atoms with E-state index >= 15 is 0 Å². The molecule has 1 aromatic heterocycles. The van der Waals surface area contributed by atoms with E-state index in [2.05, 4.69) is 46.4 Å². The first-order chi connectivity index (χ1) is 9.88. The Morgan fingerprint density at radius 3 is 2.90 bits per heavy atom. The number of likely N-dealkylation sites (N-methyl/N-ethyl adjacent to an activating group) is 1. The van der Waals surface area contributed by atoms with Gasteiger partial charge in [-0.2, -0.15) is 0 Å². The molecule has 1 aliphatic carbocycles. The van der Waals surface area contributed by atoms with Gasteiger partial charge in [0.05, 0.1) is 0 Å². The third kappa shape index (κ3) is 3.17. The number of hydrogen-bond acceptors (Lipinski definition) is 3. The van der Waals surface area contributed by atoms with Gasteiger partial charge in [0, 0.05) is 43.5 Å². The van der Waals surface area contributed by atoms with Gasteiger partial charge in [-0.1, -0.05) is 31.2 Å². The van der Waals surface area contributed by atoms with Gasteiger partial charge in [0.25, 0.3) is 0 Å². The minimum absolute atomic E-state index is 0.862. The Kier molecular flexibility index (Phi) is 4.28. The fourth-order valence-electron chi connectivity index (χ4n) is 2.80. The number of pyridine rings is 1. The maximum absolute atomic E-state index is 4.33. The highest BCUT2D eigenvalue weighted by Crippen LogP contribution is 2.25. The van der Waals surface area contributed by atoms with Gasteiger partial charge >= 0.3 is 0 Å². The maximum atomic E-state index is 4.33. The standard InChI is InChI=1S/C17H23N3/c1-2-20(16-7-8-16)10-9-18-12-15-13-19-11-14-5-3-4-6-17(14)15/h3-6,11,13,16,18H,2,7-10,12H2,1H3. The molecule has 3 heteroatoms. The van der Waals surface area contributed by atoms with Crippen molar-refractivity contribution in [1.82, 2.24) is 15.2 Å². The summed E-state index contributed by atoms with van der Waals surface area (Å²) in [6.07, 6.45) is 6.70. The van der Waals surface area contributed by atoms with Crippen molar-refractivity contribution >= 4 is 10.8 Å². The number of nitrogens with zero attached hydrogens (tertiary/aromatic N) is 2. The SMILES string of the molecule is CCN(CCNCc1cncc2ccccc12)C1CC1. The molecule has 106 valence electrons. The van der Waals surface area contributed by atoms with Crippen LogP contribution >= 0.6 is 0 Å². The second-order valence-corrected chi connectivity index (χ2v) is 5.56. The Bertz CT molecular complexity index is 558. The second kappa shape index (κ2) is 6.33. The molecule has 2 aromatic rings. The highest BCUT2D eigenvalue weighted by atomic mass is 15.2. The molecule has 1 N–H and O–H groups in total. The summed E-state index contributed by atoms with van der Waals surface area (Å²) in [4.78, 5) is 6.91. The van der Waals surface area contributed by atoms with E-state index in [0.29, 0.717) is 0 Å². The molecule has 0 spiro atoms. The van der Waals surface area contributed by atoms with Gasteiger partial charge in [-0.3, -0.25) is 9.88 Å². The summed E-state index contributed by atoms with van der Waals surface area (Å²) < 4.78 is 0. The summed E-state index contributed by atoms with van der Waals surface area (Å²) in [6.45, 7) is 6.53. The first-order valence-corrected chi connectivity index (χ1v) is 7.65. The zero-order valence-corrected chi connectivity index (χ0v) is 12.2. The summed E-state index contributed by atoms with van der Waals surface area (Å²) in [5, 5.41) is 6.09. The van der Waals surface area contributed by atoms with Gasteiger partial charge in [-0.25, -0.2) is 0 Å². The smallest absolute Gasteiger partial charge is 0.0346 e. The number of fused-ring (bicyclic) bond motifs is 1. The Morgan fingerprint density at radius 2 is 2.10 bits per heavy atom. The first kappa shape index (κ1) is 13.5. The van der Waals surface area contributed by atoms with Gasteiger partial charge < -0.3 is 5.32 Å². The van der Waals surface area contributed by atoms with Crippen LogP contribution in [-0.4, -0.2) is 35.6 Å². The third-order valence-corrected chi connectivity index (χ3v) is 4.11. The lowest BCUT2D eigenvalue weighted by Crippen LogP contribution is -2.33. The lowest BCUT2D eigenvalue weighted by molar-refractivity contribution is 0.277. The lowest BCUT2D eigenvalue weighted by atomic mass is 10.1. The predicted molar refractivity (Wildman–Crippen MR) is 83.7 cm³/mol. The average molecular weight is 269 g/mol. The third-order valence-electron chi connectivity index (χ3n) is 4.11. The van der Waals surface area contributed by atoms with Crippen molar-refractivity contribution in [3.63, 3.8) is 0 Å². The maximum Gasteiger partial charge on any atom is 0.0346 e. The summed E-state index contributed by atoms with van der Waals surface area (Å²) >= 11 is 0. The molecule has 1 aliphatic rings. The molecule has 0 saturated heterocycles. The number of aromatic nitrogens is 1. The zero-order valence-electron chi connectivity index (χ0n) is 12.2. The van der Waals surface area contributed by atoms with Crippen molar-refractivity contribution in [2.45, 2.75) is 32.4 Å². The topological polar surface area (TPSA) is 28.2 Å². The Labute approximate surface area is 121 Å². The summed E-state index contributed by atoms with van der Waals surface area (Å²) in [7, 11) is 0. The molecule has 0 atom stereocenters. The molecule has 1 aromatic carbocycles. The van der Waals surface area contributed by atoms with Crippen molar-refractivity contribution in [2.75, 3.05) is 19.6 Å².